The van der Waals surface area contributed by atoms with Gasteiger partial charge in [0.25, 0.3) is 5.91 Å². The van der Waals surface area contributed by atoms with Crippen LogP contribution in [0.3, 0.4) is 0 Å². The number of hydrogen-bond donors (Lipinski definition) is 2. The third-order valence-electron chi connectivity index (χ3n) is 3.40. The first-order valence-electron chi connectivity index (χ1n) is 6.91. The standard InChI is InChI=1S/C13H21N7O/c1-9(12-18-15-8-19(12)3)17-13(21)11-7-16-20(10(11)2)6-4-5-14/h7-9H,4-6,14H2,1-3H3,(H,17,21). The van der Waals surface area contributed by atoms with Gasteiger partial charge in [0.1, 0.15) is 6.33 Å². The maximum absolute atomic E-state index is 12.3. The highest BCUT2D eigenvalue weighted by molar-refractivity contribution is 5.95. The van der Waals surface area contributed by atoms with Gasteiger partial charge in [0.05, 0.1) is 17.8 Å². The highest BCUT2D eigenvalue weighted by atomic mass is 16.1. The van der Waals surface area contributed by atoms with Crippen LogP contribution in [0.15, 0.2) is 12.5 Å². The molecule has 2 aromatic heterocycles. The second-order valence-corrected chi connectivity index (χ2v) is 5.00. The second kappa shape index (κ2) is 6.49. The Hall–Kier alpha value is -2.22. The molecular weight excluding hydrogens is 270 g/mol. The molecule has 0 saturated heterocycles. The Morgan fingerprint density at radius 3 is 2.90 bits per heavy atom. The van der Waals surface area contributed by atoms with Gasteiger partial charge in [0.15, 0.2) is 5.82 Å². The Morgan fingerprint density at radius 1 is 1.52 bits per heavy atom. The maximum Gasteiger partial charge on any atom is 0.255 e. The number of nitrogens with two attached hydrogens (primary N) is 1. The molecule has 1 amide bonds. The molecule has 0 bridgehead atoms. The number of aryl methyl sites for hydroxylation is 2. The lowest BCUT2D eigenvalue weighted by atomic mass is 10.2. The number of hydrogen-bond acceptors (Lipinski definition) is 5. The Labute approximate surface area is 123 Å². The zero-order valence-corrected chi connectivity index (χ0v) is 12.6. The summed E-state index contributed by atoms with van der Waals surface area (Å²) in [4.78, 5) is 12.3. The predicted octanol–water partition coefficient (Wildman–Crippen LogP) is 0.160. The van der Waals surface area contributed by atoms with Crippen molar-refractivity contribution in [3.05, 3.63) is 29.6 Å². The number of nitrogens with one attached hydrogen (secondary N) is 1. The summed E-state index contributed by atoms with van der Waals surface area (Å²) >= 11 is 0. The largest absolute Gasteiger partial charge is 0.342 e. The summed E-state index contributed by atoms with van der Waals surface area (Å²) in [5.41, 5.74) is 6.90. The molecule has 0 fully saturated rings. The van der Waals surface area contributed by atoms with E-state index in [0.717, 1.165) is 12.1 Å². The summed E-state index contributed by atoms with van der Waals surface area (Å²) in [6.45, 7) is 5.07. The number of amides is 1. The number of rotatable bonds is 6. The van der Waals surface area contributed by atoms with Crippen LogP contribution in [-0.2, 0) is 13.6 Å². The van der Waals surface area contributed by atoms with Gasteiger partial charge in [-0.15, -0.1) is 10.2 Å². The second-order valence-electron chi connectivity index (χ2n) is 5.00. The summed E-state index contributed by atoms with van der Waals surface area (Å²) in [7, 11) is 1.84. The van der Waals surface area contributed by atoms with E-state index in [0.29, 0.717) is 24.5 Å². The summed E-state index contributed by atoms with van der Waals surface area (Å²) in [6.07, 6.45) is 4.03. The molecule has 8 heteroatoms. The first kappa shape index (κ1) is 15.2. The molecule has 0 spiro atoms. The van der Waals surface area contributed by atoms with E-state index in [9.17, 15) is 4.79 Å². The fourth-order valence-corrected chi connectivity index (χ4v) is 2.16. The number of carbonyl (C=O) groups excluding carboxylic acids is 1. The van der Waals surface area contributed by atoms with E-state index >= 15 is 0 Å². The van der Waals surface area contributed by atoms with Crippen molar-refractivity contribution in [1.82, 2.24) is 29.9 Å². The zero-order chi connectivity index (χ0) is 15.4. The highest BCUT2D eigenvalue weighted by Crippen LogP contribution is 2.12. The molecule has 21 heavy (non-hydrogen) atoms. The molecule has 2 heterocycles. The van der Waals surface area contributed by atoms with Gasteiger partial charge in [0.2, 0.25) is 0 Å². The van der Waals surface area contributed by atoms with Crippen molar-refractivity contribution in [2.45, 2.75) is 32.9 Å². The van der Waals surface area contributed by atoms with Crippen molar-refractivity contribution in [2.75, 3.05) is 6.54 Å². The van der Waals surface area contributed by atoms with Crippen LogP contribution in [0.2, 0.25) is 0 Å². The van der Waals surface area contributed by atoms with Crippen LogP contribution in [0.5, 0.6) is 0 Å². The van der Waals surface area contributed by atoms with Gasteiger partial charge in [0, 0.05) is 19.3 Å². The molecule has 8 nitrogen and oxygen atoms in total. The highest BCUT2D eigenvalue weighted by Gasteiger charge is 2.19. The van der Waals surface area contributed by atoms with Crippen molar-refractivity contribution in [3.8, 4) is 0 Å². The quantitative estimate of drug-likeness (QED) is 0.789. The van der Waals surface area contributed by atoms with Crippen LogP contribution < -0.4 is 11.1 Å². The van der Waals surface area contributed by atoms with Crippen molar-refractivity contribution in [1.29, 1.82) is 0 Å². The Morgan fingerprint density at radius 2 is 2.29 bits per heavy atom. The molecular formula is C13H21N7O. The van der Waals surface area contributed by atoms with E-state index in [2.05, 4.69) is 20.6 Å². The summed E-state index contributed by atoms with van der Waals surface area (Å²) in [5.74, 6) is 0.540. The minimum Gasteiger partial charge on any atom is -0.342 e. The fourth-order valence-electron chi connectivity index (χ4n) is 2.16. The van der Waals surface area contributed by atoms with Crippen molar-refractivity contribution in [2.24, 2.45) is 12.8 Å². The van der Waals surface area contributed by atoms with Crippen LogP contribution in [0.25, 0.3) is 0 Å². The van der Waals surface area contributed by atoms with Gasteiger partial charge in [-0.25, -0.2) is 0 Å². The van der Waals surface area contributed by atoms with Crippen molar-refractivity contribution in [3.63, 3.8) is 0 Å². The predicted molar refractivity (Wildman–Crippen MR) is 77.5 cm³/mol. The first-order valence-corrected chi connectivity index (χ1v) is 6.91. The molecule has 0 radical (unpaired) electrons. The molecule has 0 aliphatic rings. The van der Waals surface area contributed by atoms with Crippen LogP contribution in [0.1, 0.15) is 41.3 Å². The Balaban J connectivity index is 2.07. The average Bonchev–Trinajstić information content (AvgIpc) is 3.02. The van der Waals surface area contributed by atoms with Gasteiger partial charge >= 0.3 is 0 Å². The maximum atomic E-state index is 12.3. The molecule has 0 saturated carbocycles. The summed E-state index contributed by atoms with van der Waals surface area (Å²) < 4.78 is 3.58. The third-order valence-corrected chi connectivity index (χ3v) is 3.40. The first-order chi connectivity index (χ1) is 10.0. The molecule has 2 aromatic rings. The monoisotopic (exact) mass is 291 g/mol. The molecule has 0 aromatic carbocycles. The van der Waals surface area contributed by atoms with Crippen LogP contribution in [0, 0.1) is 6.92 Å². The average molecular weight is 291 g/mol. The van der Waals surface area contributed by atoms with Gasteiger partial charge < -0.3 is 15.6 Å². The Kier molecular flexibility index (Phi) is 4.69. The number of nitrogens with zero attached hydrogens (tertiary/aromatic N) is 5. The van der Waals surface area contributed by atoms with Crippen LogP contribution in [0.4, 0.5) is 0 Å². The topological polar surface area (TPSA) is 104 Å². The van der Waals surface area contributed by atoms with Crippen LogP contribution >= 0.6 is 0 Å². The van der Waals surface area contributed by atoms with Gasteiger partial charge in [-0.3, -0.25) is 9.48 Å². The minimum absolute atomic E-state index is 0.165. The molecule has 1 unspecified atom stereocenters. The molecule has 0 aliphatic carbocycles. The van der Waals surface area contributed by atoms with E-state index in [4.69, 9.17) is 5.73 Å². The van der Waals surface area contributed by atoms with Gasteiger partial charge in [-0.2, -0.15) is 5.10 Å². The van der Waals surface area contributed by atoms with Crippen LogP contribution in [-0.4, -0.2) is 37.0 Å². The summed E-state index contributed by atoms with van der Waals surface area (Å²) in [5, 5.41) is 14.9. The number of carbonyl (C=O) groups is 1. The minimum atomic E-state index is -0.225. The molecule has 0 aliphatic heterocycles. The van der Waals surface area contributed by atoms with Crippen molar-refractivity contribution >= 4 is 5.91 Å². The smallest absolute Gasteiger partial charge is 0.255 e. The lowest BCUT2D eigenvalue weighted by Gasteiger charge is -2.12. The van der Waals surface area contributed by atoms with E-state index < -0.39 is 0 Å². The lowest BCUT2D eigenvalue weighted by molar-refractivity contribution is 0.0937. The molecule has 3 N–H and O–H groups in total. The van der Waals surface area contributed by atoms with E-state index in [1.54, 1.807) is 21.8 Å². The molecule has 114 valence electrons. The Bertz CT molecular complexity index is 616. The van der Waals surface area contributed by atoms with Gasteiger partial charge in [-0.05, 0) is 26.8 Å². The zero-order valence-electron chi connectivity index (χ0n) is 12.6. The lowest BCUT2D eigenvalue weighted by Crippen LogP contribution is -2.28. The van der Waals surface area contributed by atoms with Crippen molar-refractivity contribution < 1.29 is 4.79 Å². The SMILES string of the molecule is Cc1c(C(=O)NC(C)c2nncn2C)cnn1CCCN. The number of aromatic nitrogens is 5. The third kappa shape index (κ3) is 3.27. The summed E-state index contributed by atoms with van der Waals surface area (Å²) in [6, 6.07) is -0.225. The van der Waals surface area contributed by atoms with E-state index in [-0.39, 0.29) is 11.9 Å². The van der Waals surface area contributed by atoms with Gasteiger partial charge in [-0.1, -0.05) is 0 Å². The normalized spacial score (nSPS) is 12.4. The molecule has 2 rings (SSSR count). The fraction of sp³-hybridized carbons (Fsp3) is 0.538. The van der Waals surface area contributed by atoms with E-state index in [1.807, 2.05) is 20.9 Å². The molecule has 1 atom stereocenters. The van der Waals surface area contributed by atoms with E-state index in [1.165, 1.54) is 0 Å².